The monoisotopic (exact) mass is 421 g/mol. The number of aryl methyl sites for hydroxylation is 4. The van der Waals surface area contributed by atoms with Crippen LogP contribution in [0.25, 0.3) is 10.8 Å². The summed E-state index contributed by atoms with van der Waals surface area (Å²) in [6.45, 7) is 15.6. The van der Waals surface area contributed by atoms with Gasteiger partial charge in [0.2, 0.25) is 0 Å². The molecule has 0 unspecified atom stereocenters. The van der Waals surface area contributed by atoms with Crippen molar-refractivity contribution < 1.29 is 4.74 Å². The largest absolute Gasteiger partial charge is 0.452 e. The summed E-state index contributed by atoms with van der Waals surface area (Å²) in [5, 5.41) is 2.39. The number of hydrogen-bond acceptors (Lipinski definition) is 2. The molecule has 2 nitrogen and oxygen atoms in total. The molecule has 0 saturated heterocycles. The zero-order valence-corrected chi connectivity index (χ0v) is 20.1. The number of anilines is 3. The summed E-state index contributed by atoms with van der Waals surface area (Å²) in [7, 11) is 0. The van der Waals surface area contributed by atoms with Gasteiger partial charge in [0.25, 0.3) is 0 Å². The molecular formula is C30H31NO. The Morgan fingerprint density at radius 2 is 1.34 bits per heavy atom. The van der Waals surface area contributed by atoms with E-state index in [1.165, 1.54) is 38.9 Å². The van der Waals surface area contributed by atoms with E-state index in [-0.39, 0.29) is 5.41 Å². The Balaban J connectivity index is 1.85. The predicted molar refractivity (Wildman–Crippen MR) is 136 cm³/mol. The van der Waals surface area contributed by atoms with E-state index in [0.717, 1.165) is 28.3 Å². The van der Waals surface area contributed by atoms with Crippen molar-refractivity contribution in [3.8, 4) is 11.5 Å². The van der Waals surface area contributed by atoms with Crippen molar-refractivity contribution in [1.29, 1.82) is 0 Å². The molecule has 4 aromatic carbocycles. The van der Waals surface area contributed by atoms with E-state index in [1.807, 2.05) is 0 Å². The number of hydrogen-bond donors (Lipinski definition) is 0. The van der Waals surface area contributed by atoms with Gasteiger partial charge in [-0.15, -0.1) is 0 Å². The van der Waals surface area contributed by atoms with Crippen LogP contribution in [0.3, 0.4) is 0 Å². The van der Waals surface area contributed by atoms with Crippen molar-refractivity contribution in [1.82, 2.24) is 0 Å². The fourth-order valence-corrected chi connectivity index (χ4v) is 4.90. The van der Waals surface area contributed by atoms with Crippen molar-refractivity contribution in [3.05, 3.63) is 88.5 Å². The molecule has 0 saturated carbocycles. The number of fused-ring (bicyclic) bond motifs is 4. The SMILES string of the molecule is Cc1ccc2c(c1)N(c1c(C)cc(C(C)(C)C)cc1C)c1cc(C)c3ccccc3c1O2. The fraction of sp³-hybridized carbons (Fsp3) is 0.267. The molecule has 5 rings (SSSR count). The molecule has 0 atom stereocenters. The summed E-state index contributed by atoms with van der Waals surface area (Å²) < 4.78 is 6.57. The molecule has 0 amide bonds. The van der Waals surface area contributed by atoms with Crippen LogP contribution in [0.4, 0.5) is 17.1 Å². The zero-order valence-electron chi connectivity index (χ0n) is 20.1. The predicted octanol–water partition coefficient (Wildman–Crippen LogP) is 8.95. The van der Waals surface area contributed by atoms with Crippen LogP contribution in [-0.4, -0.2) is 0 Å². The molecular weight excluding hydrogens is 390 g/mol. The van der Waals surface area contributed by atoms with Crippen LogP contribution in [0.1, 0.15) is 48.6 Å². The number of nitrogens with zero attached hydrogens (tertiary/aromatic N) is 1. The first-order chi connectivity index (χ1) is 15.1. The van der Waals surface area contributed by atoms with E-state index in [4.69, 9.17) is 4.74 Å². The van der Waals surface area contributed by atoms with Gasteiger partial charge in [0.05, 0.1) is 17.1 Å². The van der Waals surface area contributed by atoms with E-state index in [9.17, 15) is 0 Å². The zero-order chi connectivity index (χ0) is 22.8. The minimum absolute atomic E-state index is 0.109. The molecule has 1 heterocycles. The summed E-state index contributed by atoms with van der Waals surface area (Å²) in [6, 6.07) is 22.0. The lowest BCUT2D eigenvalue weighted by Gasteiger charge is -2.36. The standard InChI is InChI=1S/C30H31NO/c1-18-12-13-27-25(14-18)31(28-20(3)15-22(16-21(28)4)30(5,6)7)26-17-19(2)23-10-8-9-11-24(23)29(26)32-27/h8-17H,1-7H3. The number of rotatable bonds is 1. The second-order valence-corrected chi connectivity index (χ2v) is 10.2. The van der Waals surface area contributed by atoms with Crippen molar-refractivity contribution in [2.24, 2.45) is 0 Å². The highest BCUT2D eigenvalue weighted by Gasteiger charge is 2.30. The molecule has 1 aliphatic heterocycles. The van der Waals surface area contributed by atoms with Gasteiger partial charge in [-0.05, 0) is 84.5 Å². The molecule has 0 spiro atoms. The Morgan fingerprint density at radius 3 is 2.00 bits per heavy atom. The minimum Gasteiger partial charge on any atom is -0.452 e. The average molecular weight is 422 g/mol. The van der Waals surface area contributed by atoms with Gasteiger partial charge in [-0.2, -0.15) is 0 Å². The van der Waals surface area contributed by atoms with Gasteiger partial charge >= 0.3 is 0 Å². The maximum atomic E-state index is 6.57. The van der Waals surface area contributed by atoms with Crippen molar-refractivity contribution in [2.45, 2.75) is 53.9 Å². The molecule has 0 aromatic heterocycles. The third-order valence-electron chi connectivity index (χ3n) is 6.57. The molecule has 1 aliphatic rings. The second-order valence-electron chi connectivity index (χ2n) is 10.2. The first kappa shape index (κ1) is 20.6. The molecule has 4 aromatic rings. The van der Waals surface area contributed by atoms with E-state index in [0.29, 0.717) is 0 Å². The Bertz CT molecular complexity index is 1350. The lowest BCUT2D eigenvalue weighted by molar-refractivity contribution is 0.482. The van der Waals surface area contributed by atoms with Gasteiger partial charge in [0.15, 0.2) is 11.5 Å². The van der Waals surface area contributed by atoms with Gasteiger partial charge in [-0.3, -0.25) is 0 Å². The van der Waals surface area contributed by atoms with Crippen LogP contribution in [-0.2, 0) is 5.41 Å². The second kappa shape index (κ2) is 7.13. The van der Waals surface area contributed by atoms with Crippen LogP contribution in [0.2, 0.25) is 0 Å². The molecule has 162 valence electrons. The summed E-state index contributed by atoms with van der Waals surface area (Å²) in [4.78, 5) is 2.41. The van der Waals surface area contributed by atoms with Crippen LogP contribution < -0.4 is 9.64 Å². The maximum Gasteiger partial charge on any atom is 0.159 e. The van der Waals surface area contributed by atoms with Gasteiger partial charge in [-0.25, -0.2) is 0 Å². The molecule has 0 aliphatic carbocycles. The summed E-state index contributed by atoms with van der Waals surface area (Å²) in [5.74, 6) is 1.83. The summed E-state index contributed by atoms with van der Waals surface area (Å²) in [5.41, 5.74) is 9.95. The topological polar surface area (TPSA) is 12.5 Å². The lowest BCUT2D eigenvalue weighted by atomic mass is 9.84. The van der Waals surface area contributed by atoms with Crippen molar-refractivity contribution in [3.63, 3.8) is 0 Å². The summed E-state index contributed by atoms with van der Waals surface area (Å²) >= 11 is 0. The Hall–Kier alpha value is -3.26. The van der Waals surface area contributed by atoms with E-state index >= 15 is 0 Å². The molecule has 0 bridgehead atoms. The highest BCUT2D eigenvalue weighted by molar-refractivity contribution is 6.01. The quantitative estimate of drug-likeness (QED) is 0.268. The average Bonchev–Trinajstić information content (AvgIpc) is 2.73. The molecule has 0 fully saturated rings. The molecule has 0 radical (unpaired) electrons. The Labute approximate surface area is 191 Å². The normalized spacial score (nSPS) is 13.0. The van der Waals surface area contributed by atoms with E-state index in [1.54, 1.807) is 0 Å². The van der Waals surface area contributed by atoms with E-state index in [2.05, 4.69) is 114 Å². The smallest absolute Gasteiger partial charge is 0.159 e. The maximum absolute atomic E-state index is 6.57. The van der Waals surface area contributed by atoms with Crippen LogP contribution in [0.15, 0.2) is 60.7 Å². The minimum atomic E-state index is 0.109. The molecule has 0 N–H and O–H groups in total. The Morgan fingerprint density at radius 1 is 0.688 bits per heavy atom. The third kappa shape index (κ3) is 3.17. The number of benzene rings is 4. The number of ether oxygens (including phenoxy) is 1. The van der Waals surface area contributed by atoms with Gasteiger partial charge in [0, 0.05) is 5.39 Å². The lowest BCUT2D eigenvalue weighted by Crippen LogP contribution is -2.20. The van der Waals surface area contributed by atoms with Gasteiger partial charge < -0.3 is 9.64 Å². The van der Waals surface area contributed by atoms with Crippen LogP contribution in [0.5, 0.6) is 11.5 Å². The van der Waals surface area contributed by atoms with Crippen molar-refractivity contribution in [2.75, 3.05) is 4.90 Å². The van der Waals surface area contributed by atoms with Gasteiger partial charge in [-0.1, -0.05) is 63.2 Å². The van der Waals surface area contributed by atoms with Gasteiger partial charge in [0.1, 0.15) is 0 Å². The fourth-order valence-electron chi connectivity index (χ4n) is 4.90. The molecule has 2 heteroatoms. The van der Waals surface area contributed by atoms with Crippen molar-refractivity contribution >= 4 is 27.8 Å². The summed E-state index contributed by atoms with van der Waals surface area (Å²) in [6.07, 6.45) is 0. The first-order valence-electron chi connectivity index (χ1n) is 11.4. The highest BCUT2D eigenvalue weighted by Crippen LogP contribution is 2.55. The molecule has 32 heavy (non-hydrogen) atoms. The van der Waals surface area contributed by atoms with E-state index < -0.39 is 0 Å². The third-order valence-corrected chi connectivity index (χ3v) is 6.57. The Kier molecular flexibility index (Phi) is 4.60. The van der Waals surface area contributed by atoms with Crippen LogP contribution >= 0.6 is 0 Å². The first-order valence-corrected chi connectivity index (χ1v) is 11.4. The van der Waals surface area contributed by atoms with Crippen LogP contribution in [0, 0.1) is 27.7 Å². The highest BCUT2D eigenvalue weighted by atomic mass is 16.5.